The Morgan fingerprint density at radius 3 is 1.75 bits per heavy atom. The maximum absolute atomic E-state index is 13.3. The number of ether oxygens (including phenoxy) is 2. The Hall–Kier alpha value is -7.24. The Bertz CT molecular complexity index is 2860. The predicted molar refractivity (Wildman–Crippen MR) is 255 cm³/mol. The van der Waals surface area contributed by atoms with E-state index in [1.54, 1.807) is 54.9 Å². The monoisotopic (exact) mass is 982 g/mol. The van der Waals surface area contributed by atoms with Crippen LogP contribution in [0.2, 0.25) is 10.0 Å². The van der Waals surface area contributed by atoms with Crippen molar-refractivity contribution in [2.24, 2.45) is 5.73 Å². The average molecular weight is 984 g/mol. The van der Waals surface area contributed by atoms with Crippen molar-refractivity contribution in [3.05, 3.63) is 207 Å². The molecule has 0 spiro atoms. The van der Waals surface area contributed by atoms with E-state index >= 15 is 0 Å². The molecule has 3 aromatic heterocycles. The molecule has 0 bridgehead atoms. The number of hydrogen-bond acceptors (Lipinski definition) is 10. The van der Waals surface area contributed by atoms with Crippen molar-refractivity contribution in [3.8, 4) is 0 Å². The summed E-state index contributed by atoms with van der Waals surface area (Å²) in [6, 6.07) is 29.6. The van der Waals surface area contributed by atoms with Gasteiger partial charge in [0, 0.05) is 53.3 Å². The number of carbonyl (C=O) groups is 4. The Balaban J connectivity index is 0.000000178. The number of aromatic nitrogens is 4. The molecule has 4 aromatic carbocycles. The summed E-state index contributed by atoms with van der Waals surface area (Å²) in [5.74, 6) is -1.62. The number of rotatable bonds is 9. The summed E-state index contributed by atoms with van der Waals surface area (Å²) in [5.41, 5.74) is 13.1. The van der Waals surface area contributed by atoms with E-state index in [1.165, 1.54) is 59.7 Å². The van der Waals surface area contributed by atoms with Gasteiger partial charge < -0.3 is 31.2 Å². The number of fused-ring (bicyclic) bond motifs is 2. The molecule has 0 fully saturated rings. The van der Waals surface area contributed by atoms with E-state index in [-0.39, 0.29) is 59.6 Å². The Labute approximate surface area is 405 Å². The van der Waals surface area contributed by atoms with Gasteiger partial charge in [0.05, 0.1) is 27.5 Å². The van der Waals surface area contributed by atoms with Crippen molar-refractivity contribution in [1.29, 1.82) is 0 Å². The molecule has 2 aliphatic rings. The number of alkyl carbamates (subject to hydrolysis) is 1. The molecular formula is C49H43Cl3F2N8O6. The number of imidazole rings is 1. The van der Waals surface area contributed by atoms with E-state index in [0.717, 1.165) is 35.1 Å². The Morgan fingerprint density at radius 1 is 0.676 bits per heavy atom. The van der Waals surface area contributed by atoms with E-state index < -0.39 is 23.8 Å². The van der Waals surface area contributed by atoms with Gasteiger partial charge in [-0.2, -0.15) is 0 Å². The molecule has 2 aliphatic carbocycles. The largest absolute Gasteiger partial charge is 0.443 e. The first-order chi connectivity index (χ1) is 32.4. The predicted octanol–water partition coefficient (Wildman–Crippen LogP) is 10.6. The number of hydrogen-bond donors (Lipinski definition) is 4. The molecule has 3 heterocycles. The van der Waals surface area contributed by atoms with Gasteiger partial charge in [-0.15, -0.1) is 12.4 Å². The topological polar surface area (TPSA) is 192 Å². The molecule has 19 heteroatoms. The minimum absolute atomic E-state index is 0. The summed E-state index contributed by atoms with van der Waals surface area (Å²) in [4.78, 5) is 60.6. The summed E-state index contributed by atoms with van der Waals surface area (Å²) in [6.45, 7) is 0.243. The summed E-state index contributed by atoms with van der Waals surface area (Å²) < 4.78 is 38.0. The number of halogens is 5. The molecule has 2 atom stereocenters. The smallest absolute Gasteiger partial charge is 0.419 e. The number of anilines is 2. The number of amides is 3. The molecular weight excluding hydrogens is 941 g/mol. The van der Waals surface area contributed by atoms with Crippen LogP contribution in [-0.4, -0.2) is 43.5 Å². The zero-order valence-corrected chi connectivity index (χ0v) is 38.2. The molecule has 0 saturated carbocycles. The van der Waals surface area contributed by atoms with Crippen LogP contribution < -0.4 is 21.7 Å². The van der Waals surface area contributed by atoms with Gasteiger partial charge in [0.2, 0.25) is 0 Å². The van der Waals surface area contributed by atoms with E-state index in [4.69, 9.17) is 38.4 Å². The number of nitrogens with two attached hydrogens (primary N) is 1. The molecule has 3 amide bonds. The van der Waals surface area contributed by atoms with Crippen LogP contribution in [0, 0.1) is 11.6 Å². The van der Waals surface area contributed by atoms with Gasteiger partial charge in [-0.3, -0.25) is 19.6 Å². The van der Waals surface area contributed by atoms with Gasteiger partial charge in [0.1, 0.15) is 31.2 Å². The van der Waals surface area contributed by atoms with Crippen molar-refractivity contribution in [1.82, 2.24) is 24.8 Å². The molecule has 68 heavy (non-hydrogen) atoms. The first kappa shape index (κ1) is 50.2. The minimum atomic E-state index is -0.552. The third kappa shape index (κ3) is 13.2. The van der Waals surface area contributed by atoms with E-state index in [0.29, 0.717) is 46.7 Å². The first-order valence-corrected chi connectivity index (χ1v) is 21.6. The molecule has 14 nitrogen and oxygen atoms in total. The molecule has 9 rings (SSSR count). The van der Waals surface area contributed by atoms with Crippen LogP contribution >= 0.6 is 35.6 Å². The number of carbonyl (C=O) groups excluding carboxylic acids is 4. The van der Waals surface area contributed by atoms with Gasteiger partial charge in [0.15, 0.2) is 0 Å². The van der Waals surface area contributed by atoms with Crippen molar-refractivity contribution >= 4 is 71.0 Å². The summed E-state index contributed by atoms with van der Waals surface area (Å²) in [7, 11) is 0. The van der Waals surface area contributed by atoms with Gasteiger partial charge in [-0.25, -0.2) is 27.9 Å². The molecule has 0 saturated heterocycles. The zero-order chi connectivity index (χ0) is 47.3. The van der Waals surface area contributed by atoms with Crippen molar-refractivity contribution in [2.45, 2.75) is 51.0 Å². The van der Waals surface area contributed by atoms with Crippen LogP contribution in [0.3, 0.4) is 0 Å². The highest BCUT2D eigenvalue weighted by molar-refractivity contribution is 6.31. The average Bonchev–Trinajstić information content (AvgIpc) is 4.12. The first-order valence-electron chi connectivity index (χ1n) is 20.8. The highest BCUT2D eigenvalue weighted by Gasteiger charge is 2.29. The van der Waals surface area contributed by atoms with Gasteiger partial charge in [0.25, 0.3) is 11.8 Å². The summed E-state index contributed by atoms with van der Waals surface area (Å²) in [5, 5.41) is 8.25. The lowest BCUT2D eigenvalue weighted by Gasteiger charge is -2.15. The third-order valence-corrected chi connectivity index (χ3v) is 11.2. The van der Waals surface area contributed by atoms with Crippen LogP contribution in [-0.2, 0) is 35.5 Å². The van der Waals surface area contributed by atoms with Gasteiger partial charge in [-0.05, 0) is 121 Å². The molecule has 5 N–H and O–H groups in total. The molecule has 0 radical (unpaired) electrons. The standard InChI is InChI=1S/C23H19ClFN3O3.C16H14ClFN2O.C10H9N3O2.ClH/c24-19-12-14(7-9-20(19)25)27-22(29)18-6-3-5-17-16(18)8-10-21(17)28-23(30)31-13-15-4-1-2-11-26-15;17-13-8-9(4-6-14(13)18)20-16(21)12-3-1-2-11-10(12)5-7-15(11)19;14-10(13-6-5-11-8-13)15-7-9-3-1-2-4-12-9;/h1-7,9,11-12,21H,8,10,13H2,(H,27,29)(H,28,30);1-4,6,8,15H,5,7,19H2,(H,20,21);1-6,8H,7H2;1H/t21-;15-;;/m00../s1. The fourth-order valence-electron chi connectivity index (χ4n) is 7.33. The normalized spacial score (nSPS) is 14.0. The van der Waals surface area contributed by atoms with Gasteiger partial charge >= 0.3 is 12.2 Å². The fraction of sp³-hybridized carbons (Fsp3) is 0.163. The maximum Gasteiger partial charge on any atom is 0.419 e. The second kappa shape index (κ2) is 24.0. The lowest BCUT2D eigenvalue weighted by molar-refractivity contribution is 0.101. The molecule has 0 aliphatic heterocycles. The van der Waals surface area contributed by atoms with E-state index in [9.17, 15) is 28.0 Å². The number of pyridine rings is 2. The van der Waals surface area contributed by atoms with Crippen LogP contribution in [0.25, 0.3) is 0 Å². The molecule has 350 valence electrons. The van der Waals surface area contributed by atoms with Crippen molar-refractivity contribution < 1.29 is 37.4 Å². The molecule has 0 unspecified atom stereocenters. The highest BCUT2D eigenvalue weighted by atomic mass is 35.5. The molecule has 7 aromatic rings. The lowest BCUT2D eigenvalue weighted by Crippen LogP contribution is -2.28. The highest BCUT2D eigenvalue weighted by Crippen LogP contribution is 2.35. The third-order valence-electron chi connectivity index (χ3n) is 10.6. The number of nitrogens with zero attached hydrogens (tertiary/aromatic N) is 4. The van der Waals surface area contributed by atoms with Crippen molar-refractivity contribution in [2.75, 3.05) is 10.6 Å². The number of benzene rings is 4. The van der Waals surface area contributed by atoms with Crippen LogP contribution in [0.5, 0.6) is 0 Å². The van der Waals surface area contributed by atoms with Gasteiger partial charge in [-0.1, -0.05) is 59.6 Å². The quantitative estimate of drug-likeness (QED) is 0.108. The maximum atomic E-state index is 13.3. The lowest BCUT2D eigenvalue weighted by atomic mass is 10.0. The van der Waals surface area contributed by atoms with Crippen LogP contribution in [0.15, 0.2) is 140 Å². The van der Waals surface area contributed by atoms with E-state index in [2.05, 4.69) is 30.9 Å². The van der Waals surface area contributed by atoms with Crippen molar-refractivity contribution in [3.63, 3.8) is 0 Å². The minimum Gasteiger partial charge on any atom is -0.443 e. The van der Waals surface area contributed by atoms with Crippen LogP contribution in [0.4, 0.5) is 29.7 Å². The SMILES string of the molecule is Cl.N[C@H]1CCc2c(C(=O)Nc3ccc(F)c(Cl)c3)cccc21.O=C(N[C@H]1CCc2c(C(=O)Nc3ccc(F)c(Cl)c3)cccc21)OCc1ccccn1.O=C(OCc1ccccn1)n1ccnc1. The Morgan fingerprint density at radius 2 is 1.22 bits per heavy atom. The van der Waals surface area contributed by atoms with E-state index in [1.807, 2.05) is 30.3 Å². The second-order valence-corrected chi connectivity index (χ2v) is 15.9. The zero-order valence-electron chi connectivity index (χ0n) is 35.9. The second-order valence-electron chi connectivity index (χ2n) is 15.0. The summed E-state index contributed by atoms with van der Waals surface area (Å²) in [6.07, 6.45) is 9.65. The van der Waals surface area contributed by atoms with Crippen LogP contribution in [0.1, 0.15) is 79.3 Å². The number of nitrogens with one attached hydrogen (secondary N) is 3. The Kier molecular flexibility index (Phi) is 17.7. The fourth-order valence-corrected chi connectivity index (χ4v) is 7.69. The summed E-state index contributed by atoms with van der Waals surface area (Å²) >= 11 is 11.5.